The number of halogens is 2. The third-order valence-electron chi connectivity index (χ3n) is 4.23. The molecule has 0 aliphatic heterocycles. The van der Waals surface area contributed by atoms with E-state index in [1.54, 1.807) is 0 Å². The molecule has 3 heteroatoms. The van der Waals surface area contributed by atoms with Crippen LogP contribution in [0, 0.1) is 23.5 Å². The smallest absolute Gasteiger partial charge is 0.126 e. The van der Waals surface area contributed by atoms with Crippen LogP contribution < -0.4 is 5.32 Å². The molecule has 1 aliphatic carbocycles. The summed E-state index contributed by atoms with van der Waals surface area (Å²) < 4.78 is 26.3. The summed E-state index contributed by atoms with van der Waals surface area (Å²) in [7, 11) is 0. The zero-order chi connectivity index (χ0) is 13.8. The molecule has 0 bridgehead atoms. The van der Waals surface area contributed by atoms with Gasteiger partial charge in [-0.25, -0.2) is 8.78 Å². The molecule has 1 atom stereocenters. The molecule has 0 saturated heterocycles. The maximum atomic E-state index is 13.2. The van der Waals surface area contributed by atoms with E-state index in [1.807, 2.05) is 6.92 Å². The van der Waals surface area contributed by atoms with Gasteiger partial charge in [0.15, 0.2) is 0 Å². The highest BCUT2D eigenvalue weighted by Gasteiger charge is 2.18. The van der Waals surface area contributed by atoms with Gasteiger partial charge in [-0.05, 0) is 55.8 Å². The molecule has 1 saturated carbocycles. The first-order valence-corrected chi connectivity index (χ1v) is 7.24. The Morgan fingerprint density at radius 1 is 1.11 bits per heavy atom. The summed E-state index contributed by atoms with van der Waals surface area (Å²) in [6, 6.07) is 3.72. The average molecular weight is 267 g/mol. The highest BCUT2D eigenvalue weighted by atomic mass is 19.1. The molecule has 1 aliphatic rings. The standard InChI is InChI=1S/C16H23F2N/c1-11-3-5-13(6-4-11)10-19-12(2)14-7-15(17)9-16(18)8-14/h7-9,11-13,19H,3-6,10H2,1-2H3. The monoisotopic (exact) mass is 267 g/mol. The van der Waals surface area contributed by atoms with Crippen molar-refractivity contribution < 1.29 is 8.78 Å². The van der Waals surface area contributed by atoms with E-state index < -0.39 is 11.6 Å². The fourth-order valence-corrected chi connectivity index (χ4v) is 2.82. The van der Waals surface area contributed by atoms with Crippen LogP contribution in [0.3, 0.4) is 0 Å². The largest absolute Gasteiger partial charge is 0.310 e. The van der Waals surface area contributed by atoms with Crippen LogP contribution in [-0.2, 0) is 0 Å². The SMILES string of the molecule is CC1CCC(CNC(C)c2cc(F)cc(F)c2)CC1. The Morgan fingerprint density at radius 2 is 1.68 bits per heavy atom. The van der Waals surface area contributed by atoms with Crippen molar-refractivity contribution in [3.05, 3.63) is 35.4 Å². The van der Waals surface area contributed by atoms with Crippen molar-refractivity contribution in [3.63, 3.8) is 0 Å². The molecule has 0 radical (unpaired) electrons. The van der Waals surface area contributed by atoms with Crippen molar-refractivity contribution in [2.75, 3.05) is 6.54 Å². The highest BCUT2D eigenvalue weighted by Crippen LogP contribution is 2.28. The van der Waals surface area contributed by atoms with Crippen molar-refractivity contribution in [1.82, 2.24) is 5.32 Å². The molecule has 0 aromatic heterocycles. The minimum atomic E-state index is -0.504. The minimum Gasteiger partial charge on any atom is -0.310 e. The van der Waals surface area contributed by atoms with Crippen LogP contribution in [0.5, 0.6) is 0 Å². The summed E-state index contributed by atoms with van der Waals surface area (Å²) in [5.41, 5.74) is 0.682. The third-order valence-corrected chi connectivity index (χ3v) is 4.23. The van der Waals surface area contributed by atoms with Gasteiger partial charge >= 0.3 is 0 Å². The average Bonchev–Trinajstić information content (AvgIpc) is 2.36. The van der Waals surface area contributed by atoms with Crippen molar-refractivity contribution in [2.24, 2.45) is 11.8 Å². The Balaban J connectivity index is 1.85. The Hall–Kier alpha value is -0.960. The van der Waals surface area contributed by atoms with Crippen LogP contribution >= 0.6 is 0 Å². The number of hydrogen-bond donors (Lipinski definition) is 1. The lowest BCUT2D eigenvalue weighted by molar-refractivity contribution is 0.276. The number of nitrogens with one attached hydrogen (secondary N) is 1. The number of rotatable bonds is 4. The second-order valence-corrected chi connectivity index (χ2v) is 5.96. The van der Waals surface area contributed by atoms with Crippen molar-refractivity contribution >= 4 is 0 Å². The van der Waals surface area contributed by atoms with Gasteiger partial charge in [0.25, 0.3) is 0 Å². The third kappa shape index (κ3) is 4.27. The molecular formula is C16H23F2N. The summed E-state index contributed by atoms with van der Waals surface area (Å²) in [4.78, 5) is 0. The van der Waals surface area contributed by atoms with Crippen LogP contribution in [0.1, 0.15) is 51.1 Å². The van der Waals surface area contributed by atoms with Gasteiger partial charge in [0.05, 0.1) is 0 Å². The second-order valence-electron chi connectivity index (χ2n) is 5.96. The Morgan fingerprint density at radius 3 is 2.26 bits per heavy atom. The Bertz CT molecular complexity index is 391. The van der Waals surface area contributed by atoms with Gasteiger partial charge < -0.3 is 5.32 Å². The molecule has 1 N–H and O–H groups in total. The summed E-state index contributed by atoms with van der Waals surface area (Å²) in [6.45, 7) is 5.20. The van der Waals surface area contributed by atoms with Crippen molar-refractivity contribution in [3.8, 4) is 0 Å². The molecule has 2 rings (SSSR count). The molecule has 0 heterocycles. The molecule has 1 fully saturated rings. The summed E-state index contributed by atoms with van der Waals surface area (Å²) >= 11 is 0. The van der Waals surface area contributed by atoms with E-state index in [0.717, 1.165) is 18.5 Å². The molecule has 1 nitrogen and oxygen atoms in total. The van der Waals surface area contributed by atoms with Gasteiger partial charge in [0, 0.05) is 12.1 Å². The van der Waals surface area contributed by atoms with Gasteiger partial charge in [-0.1, -0.05) is 19.8 Å². The highest BCUT2D eigenvalue weighted by molar-refractivity contribution is 5.20. The summed E-state index contributed by atoms with van der Waals surface area (Å²) in [6.07, 6.45) is 5.13. The van der Waals surface area contributed by atoms with Crippen LogP contribution in [-0.4, -0.2) is 6.54 Å². The molecule has 1 aromatic carbocycles. The number of hydrogen-bond acceptors (Lipinski definition) is 1. The van der Waals surface area contributed by atoms with Crippen molar-refractivity contribution in [1.29, 1.82) is 0 Å². The normalized spacial score (nSPS) is 25.3. The second kappa shape index (κ2) is 6.47. The van der Waals surface area contributed by atoms with Gasteiger partial charge in [-0.2, -0.15) is 0 Å². The fraction of sp³-hybridized carbons (Fsp3) is 0.625. The first-order valence-electron chi connectivity index (χ1n) is 7.24. The molecule has 0 amide bonds. The van der Waals surface area contributed by atoms with Gasteiger partial charge in [-0.15, -0.1) is 0 Å². The molecule has 19 heavy (non-hydrogen) atoms. The van der Waals surface area contributed by atoms with E-state index >= 15 is 0 Å². The van der Waals surface area contributed by atoms with Crippen LogP contribution in [0.2, 0.25) is 0 Å². The van der Waals surface area contributed by atoms with Gasteiger partial charge in [0.1, 0.15) is 11.6 Å². The van der Waals surface area contributed by atoms with E-state index in [9.17, 15) is 8.78 Å². The predicted octanol–water partition coefficient (Wildman–Crippen LogP) is 4.44. The minimum absolute atomic E-state index is 0.00968. The van der Waals surface area contributed by atoms with E-state index in [0.29, 0.717) is 11.5 Å². The summed E-state index contributed by atoms with van der Waals surface area (Å²) in [5.74, 6) is 0.549. The quantitative estimate of drug-likeness (QED) is 0.850. The van der Waals surface area contributed by atoms with Gasteiger partial charge in [-0.3, -0.25) is 0 Å². The van der Waals surface area contributed by atoms with E-state index in [1.165, 1.54) is 37.8 Å². The maximum Gasteiger partial charge on any atom is 0.126 e. The van der Waals surface area contributed by atoms with E-state index in [-0.39, 0.29) is 6.04 Å². The molecular weight excluding hydrogens is 244 g/mol. The van der Waals surface area contributed by atoms with Gasteiger partial charge in [0.2, 0.25) is 0 Å². The topological polar surface area (TPSA) is 12.0 Å². The summed E-state index contributed by atoms with van der Waals surface area (Å²) in [5, 5.41) is 3.40. The molecule has 1 unspecified atom stereocenters. The van der Waals surface area contributed by atoms with Crippen LogP contribution in [0.15, 0.2) is 18.2 Å². The maximum absolute atomic E-state index is 13.2. The van der Waals surface area contributed by atoms with Crippen LogP contribution in [0.4, 0.5) is 8.78 Å². The first-order chi connectivity index (χ1) is 9.04. The predicted molar refractivity (Wildman–Crippen MR) is 73.9 cm³/mol. The van der Waals surface area contributed by atoms with Crippen LogP contribution in [0.25, 0.3) is 0 Å². The molecule has 106 valence electrons. The lowest BCUT2D eigenvalue weighted by atomic mass is 9.83. The zero-order valence-corrected chi connectivity index (χ0v) is 11.8. The Labute approximate surface area is 114 Å². The fourth-order valence-electron chi connectivity index (χ4n) is 2.82. The van der Waals surface area contributed by atoms with Crippen molar-refractivity contribution in [2.45, 2.75) is 45.6 Å². The molecule has 1 aromatic rings. The Kier molecular flexibility index (Phi) is 4.92. The number of benzene rings is 1. The zero-order valence-electron chi connectivity index (χ0n) is 11.8. The lowest BCUT2D eigenvalue weighted by Gasteiger charge is -2.27. The first kappa shape index (κ1) is 14.4. The molecule has 0 spiro atoms. The lowest BCUT2D eigenvalue weighted by Crippen LogP contribution is -2.28. The van der Waals surface area contributed by atoms with E-state index in [2.05, 4.69) is 12.2 Å². The van der Waals surface area contributed by atoms with E-state index in [4.69, 9.17) is 0 Å².